The van der Waals surface area contributed by atoms with Gasteiger partial charge in [0.05, 0.1) is 30.8 Å². The molecular formula is C23H19BrN2O3S. The molecule has 0 saturated heterocycles. The van der Waals surface area contributed by atoms with Crippen molar-refractivity contribution in [3.8, 4) is 17.2 Å². The van der Waals surface area contributed by atoms with Crippen molar-refractivity contribution in [3.63, 3.8) is 0 Å². The van der Waals surface area contributed by atoms with Crippen LogP contribution in [0.25, 0.3) is 16.6 Å². The van der Waals surface area contributed by atoms with Gasteiger partial charge in [-0.25, -0.2) is 4.98 Å². The molecule has 0 saturated carbocycles. The Kier molecular flexibility index (Phi) is 6.11. The van der Waals surface area contributed by atoms with Crippen LogP contribution in [0.15, 0.2) is 81.2 Å². The van der Waals surface area contributed by atoms with E-state index < -0.39 is 0 Å². The van der Waals surface area contributed by atoms with E-state index in [9.17, 15) is 4.79 Å². The lowest BCUT2D eigenvalue weighted by Gasteiger charge is -2.15. The molecule has 7 heteroatoms. The van der Waals surface area contributed by atoms with E-state index in [-0.39, 0.29) is 5.56 Å². The summed E-state index contributed by atoms with van der Waals surface area (Å²) in [5, 5.41) is 1.19. The van der Waals surface area contributed by atoms with Crippen LogP contribution in [0.5, 0.6) is 11.5 Å². The van der Waals surface area contributed by atoms with Crippen LogP contribution in [0, 0.1) is 0 Å². The fraction of sp³-hybridized carbons (Fsp3) is 0.130. The van der Waals surface area contributed by atoms with E-state index in [1.165, 1.54) is 11.8 Å². The first-order valence-electron chi connectivity index (χ1n) is 9.22. The Morgan fingerprint density at radius 2 is 1.70 bits per heavy atom. The predicted molar refractivity (Wildman–Crippen MR) is 124 cm³/mol. The molecule has 0 unspecified atom stereocenters. The van der Waals surface area contributed by atoms with E-state index >= 15 is 0 Å². The molecule has 0 N–H and O–H groups in total. The van der Waals surface area contributed by atoms with E-state index in [1.807, 2.05) is 36.4 Å². The van der Waals surface area contributed by atoms with E-state index in [2.05, 4.69) is 28.1 Å². The van der Waals surface area contributed by atoms with Crippen molar-refractivity contribution in [1.29, 1.82) is 0 Å². The molecule has 0 amide bonds. The number of thioether (sulfide) groups is 1. The van der Waals surface area contributed by atoms with Gasteiger partial charge in [0.15, 0.2) is 16.7 Å². The van der Waals surface area contributed by atoms with E-state index in [0.717, 1.165) is 10.0 Å². The lowest BCUT2D eigenvalue weighted by molar-refractivity contribution is 0.354. The third kappa shape index (κ3) is 4.08. The number of halogens is 1. The number of fused-ring (bicyclic) bond motifs is 1. The molecule has 0 aliphatic heterocycles. The van der Waals surface area contributed by atoms with E-state index in [0.29, 0.717) is 39.0 Å². The van der Waals surface area contributed by atoms with Crippen LogP contribution < -0.4 is 15.0 Å². The minimum Gasteiger partial charge on any atom is -0.493 e. The number of benzene rings is 3. The second-order valence-corrected chi connectivity index (χ2v) is 8.36. The smallest absolute Gasteiger partial charge is 0.266 e. The molecule has 0 aliphatic rings. The fourth-order valence-corrected chi connectivity index (χ4v) is 4.36. The summed E-state index contributed by atoms with van der Waals surface area (Å²) in [5.74, 6) is 1.84. The van der Waals surface area contributed by atoms with Gasteiger partial charge in [-0.05, 0) is 42.0 Å². The normalized spacial score (nSPS) is 10.9. The molecule has 0 bridgehead atoms. The van der Waals surface area contributed by atoms with Gasteiger partial charge in [-0.1, -0.05) is 52.0 Å². The summed E-state index contributed by atoms with van der Waals surface area (Å²) in [5.41, 5.74) is 2.38. The van der Waals surface area contributed by atoms with Crippen molar-refractivity contribution >= 4 is 38.6 Å². The molecule has 3 aromatic carbocycles. The predicted octanol–water partition coefficient (Wildman–Crippen LogP) is 5.46. The quantitative estimate of drug-likeness (QED) is 0.269. The molecule has 0 radical (unpaired) electrons. The standard InChI is InChI=1S/C23H19BrN2O3S/c1-28-20-12-11-17(13-21(20)29-2)26-22(27)18-5-3-4-6-19(18)25-23(26)30-14-15-7-9-16(24)10-8-15/h3-13H,14H2,1-2H3. The van der Waals surface area contributed by atoms with Gasteiger partial charge in [0, 0.05) is 16.3 Å². The molecule has 4 aromatic rings. The Morgan fingerprint density at radius 3 is 2.43 bits per heavy atom. The van der Waals surface area contributed by atoms with Gasteiger partial charge in [0.1, 0.15) is 0 Å². The highest BCUT2D eigenvalue weighted by atomic mass is 79.9. The SMILES string of the molecule is COc1ccc(-n2c(SCc3ccc(Br)cc3)nc3ccccc3c2=O)cc1OC. The summed E-state index contributed by atoms with van der Waals surface area (Å²) in [4.78, 5) is 18.2. The average molecular weight is 483 g/mol. The first-order chi connectivity index (χ1) is 14.6. The fourth-order valence-electron chi connectivity index (χ4n) is 3.13. The van der Waals surface area contributed by atoms with Gasteiger partial charge in [0.25, 0.3) is 5.56 Å². The summed E-state index contributed by atoms with van der Waals surface area (Å²) in [6, 6.07) is 20.9. The number of methoxy groups -OCH3 is 2. The Hall–Kier alpha value is -2.77. The van der Waals surface area contributed by atoms with Crippen LogP contribution in [0.2, 0.25) is 0 Å². The van der Waals surface area contributed by atoms with Gasteiger partial charge in [0.2, 0.25) is 0 Å². The Balaban J connectivity index is 1.84. The number of hydrogen-bond acceptors (Lipinski definition) is 5. The van der Waals surface area contributed by atoms with Crippen LogP contribution in [-0.4, -0.2) is 23.8 Å². The monoisotopic (exact) mass is 482 g/mol. The van der Waals surface area contributed by atoms with Crippen molar-refractivity contribution in [3.05, 3.63) is 87.1 Å². The molecule has 0 spiro atoms. The molecule has 30 heavy (non-hydrogen) atoms. The minimum atomic E-state index is -0.119. The summed E-state index contributed by atoms with van der Waals surface area (Å²) in [6.45, 7) is 0. The van der Waals surface area contributed by atoms with Gasteiger partial charge in [-0.2, -0.15) is 0 Å². The zero-order valence-electron chi connectivity index (χ0n) is 16.5. The highest BCUT2D eigenvalue weighted by Gasteiger charge is 2.15. The first kappa shape index (κ1) is 20.5. The van der Waals surface area contributed by atoms with Crippen molar-refractivity contribution in [2.75, 3.05) is 14.2 Å². The molecule has 0 fully saturated rings. The molecule has 1 heterocycles. The summed E-state index contributed by atoms with van der Waals surface area (Å²) < 4.78 is 13.4. The zero-order valence-corrected chi connectivity index (χ0v) is 18.9. The summed E-state index contributed by atoms with van der Waals surface area (Å²) in [6.07, 6.45) is 0. The number of nitrogens with zero attached hydrogens (tertiary/aromatic N) is 2. The van der Waals surface area contributed by atoms with E-state index in [1.54, 1.807) is 37.0 Å². The lowest BCUT2D eigenvalue weighted by Crippen LogP contribution is -2.21. The van der Waals surface area contributed by atoms with Crippen molar-refractivity contribution in [1.82, 2.24) is 9.55 Å². The highest BCUT2D eigenvalue weighted by molar-refractivity contribution is 9.10. The minimum absolute atomic E-state index is 0.119. The molecule has 5 nitrogen and oxygen atoms in total. The summed E-state index contributed by atoms with van der Waals surface area (Å²) in [7, 11) is 3.16. The molecule has 1 aromatic heterocycles. The molecule has 0 aliphatic carbocycles. The van der Waals surface area contributed by atoms with Crippen LogP contribution in [0.3, 0.4) is 0 Å². The van der Waals surface area contributed by atoms with Crippen LogP contribution in [0.1, 0.15) is 5.56 Å². The van der Waals surface area contributed by atoms with Crippen molar-refractivity contribution in [2.45, 2.75) is 10.9 Å². The van der Waals surface area contributed by atoms with Gasteiger partial charge >= 0.3 is 0 Å². The first-order valence-corrected chi connectivity index (χ1v) is 11.0. The Bertz CT molecular complexity index is 1260. The van der Waals surface area contributed by atoms with E-state index in [4.69, 9.17) is 14.5 Å². The summed E-state index contributed by atoms with van der Waals surface area (Å²) >= 11 is 4.98. The Morgan fingerprint density at radius 1 is 0.967 bits per heavy atom. The Labute approximate surface area is 186 Å². The number of rotatable bonds is 6. The maximum absolute atomic E-state index is 13.4. The number of para-hydroxylation sites is 1. The van der Waals surface area contributed by atoms with Gasteiger partial charge in [-0.15, -0.1) is 0 Å². The maximum atomic E-state index is 13.4. The second-order valence-electron chi connectivity index (χ2n) is 6.51. The van der Waals surface area contributed by atoms with Crippen molar-refractivity contribution < 1.29 is 9.47 Å². The molecule has 4 rings (SSSR count). The maximum Gasteiger partial charge on any atom is 0.266 e. The lowest BCUT2D eigenvalue weighted by atomic mass is 10.2. The number of hydrogen-bond donors (Lipinski definition) is 0. The topological polar surface area (TPSA) is 53.4 Å². The number of ether oxygens (including phenoxy) is 2. The van der Waals surface area contributed by atoms with Gasteiger partial charge < -0.3 is 9.47 Å². The molecule has 152 valence electrons. The molecule has 0 atom stereocenters. The van der Waals surface area contributed by atoms with Crippen LogP contribution >= 0.6 is 27.7 Å². The average Bonchev–Trinajstić information content (AvgIpc) is 2.78. The van der Waals surface area contributed by atoms with Crippen LogP contribution in [0.4, 0.5) is 0 Å². The second kappa shape index (κ2) is 8.93. The third-order valence-electron chi connectivity index (χ3n) is 4.65. The largest absolute Gasteiger partial charge is 0.493 e. The van der Waals surface area contributed by atoms with Crippen LogP contribution in [-0.2, 0) is 5.75 Å². The van der Waals surface area contributed by atoms with Gasteiger partial charge in [-0.3, -0.25) is 9.36 Å². The third-order valence-corrected chi connectivity index (χ3v) is 6.19. The highest BCUT2D eigenvalue weighted by Crippen LogP contribution is 2.31. The molecular weight excluding hydrogens is 464 g/mol. The number of aromatic nitrogens is 2. The zero-order chi connectivity index (χ0) is 21.1. The van der Waals surface area contributed by atoms with Crippen molar-refractivity contribution in [2.24, 2.45) is 0 Å².